The van der Waals surface area contributed by atoms with Gasteiger partial charge in [0.05, 0.1) is 13.2 Å². The molecule has 1 heterocycles. The molecule has 1 N–H and O–H groups in total. The summed E-state index contributed by atoms with van der Waals surface area (Å²) in [6.45, 7) is 8.76. The molecule has 0 spiro atoms. The summed E-state index contributed by atoms with van der Waals surface area (Å²) < 4.78 is 10.2. The molecule has 1 rings (SSSR count). The third-order valence-corrected chi connectivity index (χ3v) is 0.983. The zero-order valence-electron chi connectivity index (χ0n) is 7.76. The van der Waals surface area contributed by atoms with E-state index in [1.165, 1.54) is 0 Å². The van der Waals surface area contributed by atoms with E-state index in [1.807, 2.05) is 13.8 Å². The quantitative estimate of drug-likeness (QED) is 0.581. The Bertz CT molecular complexity index is 88.8. The molecule has 0 amide bonds. The molecule has 11 heavy (non-hydrogen) atoms. The summed E-state index contributed by atoms with van der Waals surface area (Å²) in [6.07, 6.45) is -0.167. The van der Waals surface area contributed by atoms with E-state index in [-0.39, 0.29) is 11.9 Å². The Kier molecular flexibility index (Phi) is 4.65. The lowest BCUT2D eigenvalue weighted by atomic mass is 10.4. The predicted molar refractivity (Wildman–Crippen MR) is 43.3 cm³/mol. The molecule has 0 aliphatic carbocycles. The Hall–Kier alpha value is -0.120. The molecule has 0 saturated carbocycles. The highest BCUT2D eigenvalue weighted by Crippen LogP contribution is 2.15. The van der Waals surface area contributed by atoms with E-state index in [1.54, 1.807) is 13.8 Å². The van der Waals surface area contributed by atoms with E-state index in [0.29, 0.717) is 0 Å². The molecule has 0 aromatic heterocycles. The molecule has 3 nitrogen and oxygen atoms in total. The first-order valence-corrected chi connectivity index (χ1v) is 3.90. The molecule has 3 heteroatoms. The van der Waals surface area contributed by atoms with Gasteiger partial charge in [0.25, 0.3) is 0 Å². The van der Waals surface area contributed by atoms with Crippen LogP contribution in [-0.4, -0.2) is 30.2 Å². The number of hydrogen-bond donors (Lipinski definition) is 1. The van der Waals surface area contributed by atoms with Crippen molar-refractivity contribution in [2.75, 3.05) is 13.2 Å². The topological polar surface area (TPSA) is 38.7 Å². The van der Waals surface area contributed by atoms with E-state index in [4.69, 9.17) is 14.6 Å². The summed E-state index contributed by atoms with van der Waals surface area (Å²) in [5.41, 5.74) is 0. The summed E-state index contributed by atoms with van der Waals surface area (Å²) in [5, 5.41) is 8.06. The van der Waals surface area contributed by atoms with E-state index in [2.05, 4.69) is 0 Å². The largest absolute Gasteiger partial charge is 0.394 e. The minimum absolute atomic E-state index is 0.167. The fraction of sp³-hybridized carbons (Fsp3) is 1.00. The van der Waals surface area contributed by atoms with Crippen molar-refractivity contribution in [1.29, 1.82) is 0 Å². The van der Waals surface area contributed by atoms with Crippen LogP contribution < -0.4 is 0 Å². The SMILES string of the molecule is CC(C)O.CC1(C)OCCO1. The highest BCUT2D eigenvalue weighted by Gasteiger charge is 2.23. The average Bonchev–Trinajstić information content (AvgIpc) is 2.11. The Balaban J connectivity index is 0.000000218. The average molecular weight is 162 g/mol. The Morgan fingerprint density at radius 1 is 1.18 bits per heavy atom. The highest BCUT2D eigenvalue weighted by atomic mass is 16.7. The fourth-order valence-electron chi connectivity index (χ4n) is 0.617. The van der Waals surface area contributed by atoms with Crippen LogP contribution in [0.3, 0.4) is 0 Å². The summed E-state index contributed by atoms with van der Waals surface area (Å²) in [6, 6.07) is 0. The second-order valence-corrected chi connectivity index (χ2v) is 3.19. The van der Waals surface area contributed by atoms with Crippen molar-refractivity contribution in [3.63, 3.8) is 0 Å². The molecule has 0 unspecified atom stereocenters. The van der Waals surface area contributed by atoms with Crippen LogP contribution in [0, 0.1) is 0 Å². The summed E-state index contributed by atoms with van der Waals surface area (Å²) >= 11 is 0. The maximum atomic E-state index is 8.06. The lowest BCUT2D eigenvalue weighted by Crippen LogP contribution is -2.18. The first-order chi connectivity index (χ1) is 4.94. The minimum Gasteiger partial charge on any atom is -0.394 e. The monoisotopic (exact) mass is 162 g/mol. The molecular formula is C8H18O3. The molecule has 0 atom stereocenters. The Morgan fingerprint density at radius 2 is 1.45 bits per heavy atom. The number of hydrogen-bond acceptors (Lipinski definition) is 3. The van der Waals surface area contributed by atoms with Gasteiger partial charge >= 0.3 is 0 Å². The fourth-order valence-corrected chi connectivity index (χ4v) is 0.617. The van der Waals surface area contributed by atoms with Crippen LogP contribution in [-0.2, 0) is 9.47 Å². The van der Waals surface area contributed by atoms with Crippen LogP contribution in [0.15, 0.2) is 0 Å². The van der Waals surface area contributed by atoms with Crippen molar-refractivity contribution in [3.05, 3.63) is 0 Å². The van der Waals surface area contributed by atoms with E-state index in [9.17, 15) is 0 Å². The molecule has 68 valence electrons. The molecule has 0 aromatic carbocycles. The van der Waals surface area contributed by atoms with Crippen molar-refractivity contribution in [2.45, 2.75) is 39.6 Å². The first-order valence-electron chi connectivity index (χ1n) is 3.90. The molecule has 1 saturated heterocycles. The lowest BCUT2D eigenvalue weighted by molar-refractivity contribution is -0.125. The predicted octanol–water partition coefficient (Wildman–Crippen LogP) is 1.16. The van der Waals surface area contributed by atoms with Gasteiger partial charge in [0, 0.05) is 6.10 Å². The van der Waals surface area contributed by atoms with Crippen molar-refractivity contribution in [2.24, 2.45) is 0 Å². The zero-order valence-corrected chi connectivity index (χ0v) is 7.76. The minimum atomic E-state index is -0.306. The smallest absolute Gasteiger partial charge is 0.162 e. The van der Waals surface area contributed by atoms with Gasteiger partial charge in [-0.25, -0.2) is 0 Å². The molecule has 0 radical (unpaired) electrons. The highest BCUT2D eigenvalue weighted by molar-refractivity contribution is 4.58. The molecule has 0 bridgehead atoms. The van der Waals surface area contributed by atoms with E-state index in [0.717, 1.165) is 13.2 Å². The third kappa shape index (κ3) is 7.78. The van der Waals surface area contributed by atoms with Crippen LogP contribution in [0.5, 0.6) is 0 Å². The number of aliphatic hydroxyl groups excluding tert-OH is 1. The van der Waals surface area contributed by atoms with Crippen LogP contribution in [0.1, 0.15) is 27.7 Å². The van der Waals surface area contributed by atoms with Crippen LogP contribution in [0.25, 0.3) is 0 Å². The molecule has 1 aliphatic heterocycles. The van der Waals surface area contributed by atoms with Crippen molar-refractivity contribution in [3.8, 4) is 0 Å². The summed E-state index contributed by atoms with van der Waals surface area (Å²) in [4.78, 5) is 0. The van der Waals surface area contributed by atoms with Gasteiger partial charge in [-0.15, -0.1) is 0 Å². The lowest BCUT2D eigenvalue weighted by Gasteiger charge is -2.13. The molecule has 1 aliphatic rings. The van der Waals surface area contributed by atoms with Gasteiger partial charge in [0.2, 0.25) is 0 Å². The van der Waals surface area contributed by atoms with Gasteiger partial charge in [-0.3, -0.25) is 0 Å². The van der Waals surface area contributed by atoms with Gasteiger partial charge in [0.1, 0.15) is 0 Å². The van der Waals surface area contributed by atoms with Gasteiger partial charge in [-0.1, -0.05) is 0 Å². The summed E-state index contributed by atoms with van der Waals surface area (Å²) in [5.74, 6) is -0.306. The van der Waals surface area contributed by atoms with Gasteiger partial charge < -0.3 is 14.6 Å². The van der Waals surface area contributed by atoms with Crippen LogP contribution >= 0.6 is 0 Å². The zero-order chi connectivity index (χ0) is 8.91. The maximum Gasteiger partial charge on any atom is 0.162 e. The number of rotatable bonds is 0. The Morgan fingerprint density at radius 3 is 1.55 bits per heavy atom. The van der Waals surface area contributed by atoms with E-state index >= 15 is 0 Å². The van der Waals surface area contributed by atoms with Gasteiger partial charge in [-0.05, 0) is 27.7 Å². The van der Waals surface area contributed by atoms with Gasteiger partial charge in [-0.2, -0.15) is 0 Å². The Labute approximate surface area is 68.3 Å². The third-order valence-electron chi connectivity index (χ3n) is 0.983. The first kappa shape index (κ1) is 10.9. The second kappa shape index (κ2) is 4.70. The van der Waals surface area contributed by atoms with Gasteiger partial charge in [0.15, 0.2) is 5.79 Å². The molecule has 1 fully saturated rings. The molecule has 0 aromatic rings. The van der Waals surface area contributed by atoms with Crippen molar-refractivity contribution in [1.82, 2.24) is 0 Å². The maximum absolute atomic E-state index is 8.06. The van der Waals surface area contributed by atoms with Crippen LogP contribution in [0.2, 0.25) is 0 Å². The number of ether oxygens (including phenoxy) is 2. The second-order valence-electron chi connectivity index (χ2n) is 3.19. The molecular weight excluding hydrogens is 144 g/mol. The normalized spacial score (nSPS) is 21.3. The van der Waals surface area contributed by atoms with Crippen LogP contribution in [0.4, 0.5) is 0 Å². The number of aliphatic hydroxyl groups is 1. The standard InChI is InChI=1S/C5H10O2.C3H8O/c1-5(2)6-3-4-7-5;1-3(2)4/h3-4H2,1-2H3;3-4H,1-2H3. The van der Waals surface area contributed by atoms with E-state index < -0.39 is 0 Å². The van der Waals surface area contributed by atoms with Crippen molar-refractivity contribution >= 4 is 0 Å². The van der Waals surface area contributed by atoms with Crippen molar-refractivity contribution < 1.29 is 14.6 Å². The summed E-state index contributed by atoms with van der Waals surface area (Å²) in [7, 11) is 0.